The van der Waals surface area contributed by atoms with Gasteiger partial charge in [0.25, 0.3) is 0 Å². The summed E-state index contributed by atoms with van der Waals surface area (Å²) in [5, 5.41) is 16.6. The fourth-order valence-electron chi connectivity index (χ4n) is 15.6. The monoisotopic (exact) mass is 1550 g/mol. The minimum absolute atomic E-state index is 0.0195. The fraction of sp³-hybridized carbons (Fsp3) is 0.258. The van der Waals surface area contributed by atoms with Crippen molar-refractivity contribution in [2.24, 2.45) is 0 Å². The van der Waals surface area contributed by atoms with E-state index in [9.17, 15) is 0 Å². The molecule has 3 fully saturated rings. The highest BCUT2D eigenvalue weighted by molar-refractivity contribution is 7.75. The Kier molecular flexibility index (Phi) is 27.9. The highest BCUT2D eigenvalue weighted by Gasteiger charge is 2.52. The lowest BCUT2D eigenvalue weighted by Gasteiger charge is -2.36. The number of benzene rings is 12. The second-order valence-corrected chi connectivity index (χ2v) is 44.4. The van der Waals surface area contributed by atoms with Crippen LogP contribution in [0, 0.1) is 0 Å². The summed E-state index contributed by atoms with van der Waals surface area (Å²) in [6, 6.07) is 131. The topological polar surface area (TPSA) is 55.4 Å². The summed E-state index contributed by atoms with van der Waals surface area (Å²) in [4.78, 5) is 0. The van der Waals surface area contributed by atoms with E-state index in [1.165, 1.54) is 63.7 Å². The van der Waals surface area contributed by atoms with Gasteiger partial charge in [-0.3, -0.25) is 0 Å². The number of hydrogen-bond acceptors (Lipinski definition) is 6. The first-order valence-electron chi connectivity index (χ1n) is 38.4. The maximum Gasteiger partial charge on any atom is 0.163 e. The Labute approximate surface area is 657 Å². The fourth-order valence-corrected chi connectivity index (χ4v) is 31.5. The van der Waals surface area contributed by atoms with E-state index >= 15 is 0 Å². The summed E-state index contributed by atoms with van der Waals surface area (Å²) in [5.41, 5.74) is 1.10. The molecule has 15 rings (SSSR count). The van der Waals surface area contributed by atoms with Crippen molar-refractivity contribution in [1.82, 2.24) is 0 Å². The molecule has 0 aliphatic carbocycles. The van der Waals surface area contributed by atoms with Crippen molar-refractivity contribution in [3.05, 3.63) is 364 Å². The van der Waals surface area contributed by atoms with Crippen molar-refractivity contribution in [3.63, 3.8) is 0 Å². The van der Waals surface area contributed by atoms with Gasteiger partial charge in [0.1, 0.15) is 0 Å². The van der Waals surface area contributed by atoms with Crippen LogP contribution in [0.2, 0.25) is 0 Å². The molecule has 3 aliphatic heterocycles. The van der Waals surface area contributed by atoms with Gasteiger partial charge in [0.2, 0.25) is 0 Å². The van der Waals surface area contributed by atoms with Crippen LogP contribution in [0.3, 0.4) is 0 Å². The summed E-state index contributed by atoms with van der Waals surface area (Å²) in [5.74, 6) is -1.83. The van der Waals surface area contributed by atoms with Gasteiger partial charge in [-0.15, -0.1) is 0 Å². The number of rotatable bonds is 24. The predicted molar refractivity (Wildman–Crippen MR) is 473 cm³/mol. The summed E-state index contributed by atoms with van der Waals surface area (Å²) < 4.78 is 40.4. The van der Waals surface area contributed by atoms with E-state index in [0.717, 1.165) is 12.3 Å². The Morgan fingerprint density at radius 3 is 0.477 bits per heavy atom. The third-order valence-electron chi connectivity index (χ3n) is 20.4. The van der Waals surface area contributed by atoms with E-state index < -0.39 is 64.9 Å². The van der Waals surface area contributed by atoms with E-state index in [2.05, 4.69) is 433 Å². The molecule has 2 unspecified atom stereocenters. The Morgan fingerprint density at radius 2 is 0.330 bits per heavy atom. The van der Waals surface area contributed by atoms with Gasteiger partial charge >= 0.3 is 0 Å². The minimum atomic E-state index is -0.642. The molecule has 0 aromatic heterocycles. The smallest absolute Gasteiger partial charge is 0.163 e. The predicted octanol–water partition coefficient (Wildman–Crippen LogP) is 18.9. The zero-order valence-electron chi connectivity index (χ0n) is 64.5. The van der Waals surface area contributed by atoms with E-state index in [-0.39, 0.29) is 59.3 Å². The third-order valence-corrected chi connectivity index (χ3v) is 36.8. The van der Waals surface area contributed by atoms with Crippen LogP contribution < -0.4 is 63.7 Å². The average molecular weight is 1550 g/mol. The molecule has 3 aliphatic rings. The summed E-state index contributed by atoms with van der Waals surface area (Å²) >= 11 is 0. The standard InChI is InChI=1S/2C33H36O2P2.C31H32O2P2/c2*1-25(36(27-17-9-5-10-18-27)28-19-11-6-12-20-28)31-32(35-33(3,4)34-31)26(2)37(29-21-13-7-14-22-29)30-23-15-8-16-24-30;1-31(2)32-29(23-34(25-15-7-3-8-16-25)26-17-9-4-10-18-26)30(33-31)24-35(27-19-11-5-12-20-27)28-21-13-6-14-22-28/h2*5-26,31-32H,1-4H3;3-22,29-30H,23-24H2,1-2H3/t25-,26?,31+,32+;25-,26?,31-,32-;29-,30-/m010/s1. The van der Waals surface area contributed by atoms with Crippen LogP contribution in [-0.2, 0) is 28.4 Å². The molecule has 10 atom stereocenters. The molecule has 6 nitrogen and oxygen atoms in total. The molecular weight excluding hydrogens is 1450 g/mol. The zero-order chi connectivity index (χ0) is 75.7. The molecule has 3 heterocycles. The SMILES string of the molecule is CC([C@H]1OC(C)(C)O[C@@H]1[C@@H](C)P(c1ccccc1)c1ccccc1)P(c1ccccc1)c1ccccc1.CC([C@H]1OC(C)(C)O[C@@H]1[C@H](C)P(c1ccccc1)c1ccccc1)P(c1ccccc1)c1ccccc1.CC1(C)O[C@@H](CP(c2ccccc2)c2ccccc2)[C@H](CP(c2ccccc2)c2ccccc2)O1. The molecule has 0 N–H and O–H groups in total. The van der Waals surface area contributed by atoms with Crippen LogP contribution in [0.1, 0.15) is 69.2 Å². The van der Waals surface area contributed by atoms with Crippen molar-refractivity contribution in [2.75, 3.05) is 12.3 Å². The minimum Gasteiger partial charge on any atom is -0.344 e. The molecule has 12 heteroatoms. The van der Waals surface area contributed by atoms with Crippen LogP contribution in [0.25, 0.3) is 0 Å². The maximum atomic E-state index is 6.79. The van der Waals surface area contributed by atoms with Crippen LogP contribution >= 0.6 is 47.5 Å². The first kappa shape index (κ1) is 80.0. The normalized spacial score (nSPS) is 20.3. The molecule has 558 valence electrons. The lowest BCUT2D eigenvalue weighted by molar-refractivity contribution is -0.146. The molecule has 0 radical (unpaired) electrons. The Morgan fingerprint density at radius 1 is 0.202 bits per heavy atom. The maximum absolute atomic E-state index is 6.79. The Hall–Kier alpha value is -7.02. The average Bonchev–Trinajstić information content (AvgIpc) is 1.70. The second kappa shape index (κ2) is 38.0. The second-order valence-electron chi connectivity index (χ2n) is 29.5. The first-order valence-corrected chi connectivity index (χ1v) is 47.1. The quantitative estimate of drug-likeness (QED) is 0.0562. The Bertz CT molecular complexity index is 3900. The summed E-state index contributed by atoms with van der Waals surface area (Å²) in [6.45, 7) is 21.9. The van der Waals surface area contributed by atoms with Crippen LogP contribution in [-0.4, -0.2) is 88.9 Å². The van der Waals surface area contributed by atoms with Crippen molar-refractivity contribution < 1.29 is 28.4 Å². The van der Waals surface area contributed by atoms with E-state index in [4.69, 9.17) is 28.4 Å². The lowest BCUT2D eigenvalue weighted by atomic mass is 10.1. The highest BCUT2D eigenvalue weighted by atomic mass is 31.1. The molecule has 0 bridgehead atoms. The first-order chi connectivity index (χ1) is 53.0. The van der Waals surface area contributed by atoms with Gasteiger partial charge in [-0.25, -0.2) is 0 Å². The molecule has 109 heavy (non-hydrogen) atoms. The van der Waals surface area contributed by atoms with E-state index in [1.807, 2.05) is 0 Å². The molecule has 12 aromatic rings. The van der Waals surface area contributed by atoms with Gasteiger partial charge in [-0.2, -0.15) is 0 Å². The zero-order valence-corrected chi connectivity index (χ0v) is 69.8. The van der Waals surface area contributed by atoms with Crippen molar-refractivity contribution >= 4 is 111 Å². The van der Waals surface area contributed by atoms with Crippen molar-refractivity contribution in [2.45, 2.75) is 146 Å². The number of hydrogen-bond donors (Lipinski definition) is 0. The largest absolute Gasteiger partial charge is 0.344 e. The van der Waals surface area contributed by atoms with Crippen LogP contribution in [0.4, 0.5) is 0 Å². The van der Waals surface area contributed by atoms with Crippen molar-refractivity contribution in [1.29, 1.82) is 0 Å². The molecule has 12 aromatic carbocycles. The van der Waals surface area contributed by atoms with Crippen LogP contribution in [0.5, 0.6) is 0 Å². The van der Waals surface area contributed by atoms with Gasteiger partial charge in [0.15, 0.2) is 17.4 Å². The van der Waals surface area contributed by atoms with Gasteiger partial charge < -0.3 is 28.4 Å². The highest BCUT2D eigenvalue weighted by Crippen LogP contribution is 2.54. The van der Waals surface area contributed by atoms with Gasteiger partial charge in [0, 0.05) is 35.0 Å². The third kappa shape index (κ3) is 20.6. The summed E-state index contributed by atoms with van der Waals surface area (Å²) in [6.07, 6.45) is 1.89. The summed E-state index contributed by atoms with van der Waals surface area (Å²) in [7, 11) is -3.69. The molecular formula is C97H104O6P6. The van der Waals surface area contributed by atoms with Gasteiger partial charge in [-0.05, 0) is 153 Å². The molecule has 3 saturated heterocycles. The Balaban J connectivity index is 0.000000144. The lowest BCUT2D eigenvalue weighted by Crippen LogP contribution is -2.42. The van der Waals surface area contributed by atoms with Gasteiger partial charge in [0.05, 0.1) is 36.6 Å². The van der Waals surface area contributed by atoms with E-state index in [0.29, 0.717) is 0 Å². The van der Waals surface area contributed by atoms with E-state index in [1.54, 1.807) is 0 Å². The number of ether oxygens (including phenoxy) is 6. The van der Waals surface area contributed by atoms with Gasteiger partial charge in [-0.1, -0.05) is 392 Å². The molecule has 0 saturated carbocycles. The van der Waals surface area contributed by atoms with Crippen molar-refractivity contribution in [3.8, 4) is 0 Å². The molecule has 0 spiro atoms. The molecule has 0 amide bonds. The van der Waals surface area contributed by atoms with Crippen LogP contribution in [0.15, 0.2) is 364 Å².